The molecule has 2 amide bonds. The average Bonchev–Trinajstić information content (AvgIpc) is 2.84. The van der Waals surface area contributed by atoms with Gasteiger partial charge in [0.25, 0.3) is 0 Å². The number of nitrogens with zero attached hydrogens (tertiary/aromatic N) is 2. The molecule has 110 valence electrons. The number of anilines is 3. The van der Waals surface area contributed by atoms with Crippen LogP contribution in [0.25, 0.3) is 0 Å². The van der Waals surface area contributed by atoms with Crippen molar-refractivity contribution in [3.8, 4) is 0 Å². The number of nitrogen functional groups attached to an aromatic ring is 1. The second kappa shape index (κ2) is 6.42. The molecule has 2 aromatic rings. The second-order valence-electron chi connectivity index (χ2n) is 4.22. The Kier molecular flexibility index (Phi) is 4.39. The third-order valence-electron chi connectivity index (χ3n) is 2.54. The van der Waals surface area contributed by atoms with Gasteiger partial charge in [0.1, 0.15) is 6.54 Å². The Balaban J connectivity index is 1.97. The Morgan fingerprint density at radius 1 is 1.33 bits per heavy atom. The van der Waals surface area contributed by atoms with Crippen LogP contribution in [0.5, 0.6) is 0 Å². The third kappa shape index (κ3) is 4.23. The van der Waals surface area contributed by atoms with Gasteiger partial charge in [0, 0.05) is 17.6 Å². The van der Waals surface area contributed by atoms with E-state index >= 15 is 0 Å². The first-order chi connectivity index (χ1) is 10.1. The predicted molar refractivity (Wildman–Crippen MR) is 77.7 cm³/mol. The van der Waals surface area contributed by atoms with Crippen LogP contribution < -0.4 is 16.4 Å². The molecule has 0 bridgehead atoms. The van der Waals surface area contributed by atoms with Crippen LogP contribution >= 0.6 is 0 Å². The van der Waals surface area contributed by atoms with Gasteiger partial charge in [-0.1, -0.05) is 6.07 Å². The molecule has 4 N–H and O–H groups in total. The van der Waals surface area contributed by atoms with Crippen LogP contribution in [0, 0.1) is 0 Å². The first-order valence-electron chi connectivity index (χ1n) is 6.09. The first kappa shape index (κ1) is 14.4. The van der Waals surface area contributed by atoms with E-state index in [1.807, 2.05) is 0 Å². The number of nitrogens with two attached hydrogens (primary N) is 1. The Morgan fingerprint density at radius 2 is 2.05 bits per heavy atom. The third-order valence-corrected chi connectivity index (χ3v) is 2.54. The molecule has 0 spiro atoms. The number of hydrogen-bond acceptors (Lipinski definition) is 5. The van der Waals surface area contributed by atoms with Crippen molar-refractivity contribution in [1.29, 1.82) is 0 Å². The summed E-state index contributed by atoms with van der Waals surface area (Å²) in [5.41, 5.74) is 7.08. The van der Waals surface area contributed by atoms with Crippen LogP contribution in [0.15, 0.2) is 36.7 Å². The fourth-order valence-corrected chi connectivity index (χ4v) is 1.66. The van der Waals surface area contributed by atoms with Crippen molar-refractivity contribution in [3.63, 3.8) is 0 Å². The highest BCUT2D eigenvalue weighted by Gasteiger charge is 2.06. The van der Waals surface area contributed by atoms with Crippen molar-refractivity contribution in [2.75, 3.05) is 23.5 Å². The molecule has 0 unspecified atom stereocenters. The lowest BCUT2D eigenvalue weighted by Gasteiger charge is -2.08. The Bertz CT molecular complexity index is 653. The number of amides is 2. The van der Waals surface area contributed by atoms with Crippen LogP contribution in [0.3, 0.4) is 0 Å². The maximum Gasteiger partial charge on any atom is 0.411 e. The molecule has 0 aliphatic rings. The predicted octanol–water partition coefficient (Wildman–Crippen LogP) is 1.28. The molecule has 8 nitrogen and oxygen atoms in total. The van der Waals surface area contributed by atoms with Crippen molar-refractivity contribution in [2.45, 2.75) is 6.54 Å². The maximum atomic E-state index is 11.9. The standard InChI is InChI=1S/C13H15N5O3/c1-21-13(20)17-11-4-2-3-10(5-11)16-12(19)8-18-7-9(14)6-15-18/h2-7H,8,14H2,1H3,(H,16,19)(H,17,20). The van der Waals surface area contributed by atoms with Crippen LogP contribution in [-0.4, -0.2) is 28.9 Å². The second-order valence-corrected chi connectivity index (χ2v) is 4.22. The molecule has 21 heavy (non-hydrogen) atoms. The van der Waals surface area contributed by atoms with Crippen molar-refractivity contribution in [1.82, 2.24) is 9.78 Å². The summed E-state index contributed by atoms with van der Waals surface area (Å²) < 4.78 is 5.93. The van der Waals surface area contributed by atoms with Crippen LogP contribution in [0.4, 0.5) is 21.9 Å². The average molecular weight is 289 g/mol. The fourth-order valence-electron chi connectivity index (χ4n) is 1.66. The van der Waals surface area contributed by atoms with E-state index < -0.39 is 6.09 Å². The SMILES string of the molecule is COC(=O)Nc1cccc(NC(=O)Cn2cc(N)cn2)c1. The van der Waals surface area contributed by atoms with E-state index in [1.165, 1.54) is 18.0 Å². The molecular weight excluding hydrogens is 274 g/mol. The quantitative estimate of drug-likeness (QED) is 0.785. The number of aromatic nitrogens is 2. The molecule has 0 atom stereocenters. The molecular formula is C13H15N5O3. The van der Waals surface area contributed by atoms with Crippen LogP contribution in [0.1, 0.15) is 0 Å². The number of rotatable bonds is 4. The van der Waals surface area contributed by atoms with Crippen LogP contribution in [0.2, 0.25) is 0 Å². The zero-order chi connectivity index (χ0) is 15.2. The molecule has 0 aliphatic carbocycles. The molecule has 1 heterocycles. The monoisotopic (exact) mass is 289 g/mol. The lowest BCUT2D eigenvalue weighted by molar-refractivity contribution is -0.116. The minimum Gasteiger partial charge on any atom is -0.453 e. The number of hydrogen-bond donors (Lipinski definition) is 3. The number of benzene rings is 1. The molecule has 0 fully saturated rings. The van der Waals surface area contributed by atoms with Gasteiger partial charge >= 0.3 is 6.09 Å². The number of methoxy groups -OCH3 is 1. The largest absolute Gasteiger partial charge is 0.453 e. The molecule has 0 aliphatic heterocycles. The van der Waals surface area contributed by atoms with E-state index in [0.29, 0.717) is 17.1 Å². The van der Waals surface area contributed by atoms with Crippen LogP contribution in [-0.2, 0) is 16.1 Å². The highest BCUT2D eigenvalue weighted by Crippen LogP contribution is 2.15. The molecule has 0 saturated carbocycles. The molecule has 0 saturated heterocycles. The van der Waals surface area contributed by atoms with Crippen molar-refractivity contribution >= 4 is 29.1 Å². The van der Waals surface area contributed by atoms with Gasteiger partial charge in [-0.25, -0.2) is 4.79 Å². The summed E-state index contributed by atoms with van der Waals surface area (Å²) in [5.74, 6) is -0.256. The van der Waals surface area contributed by atoms with Gasteiger partial charge in [-0.2, -0.15) is 5.10 Å². The van der Waals surface area contributed by atoms with Crippen molar-refractivity contribution < 1.29 is 14.3 Å². The Hall–Kier alpha value is -3.03. The summed E-state index contributed by atoms with van der Waals surface area (Å²) in [6.45, 7) is 0.0475. The number of ether oxygens (including phenoxy) is 1. The van der Waals surface area contributed by atoms with Gasteiger partial charge in [-0.05, 0) is 18.2 Å². The molecule has 0 radical (unpaired) electrons. The zero-order valence-electron chi connectivity index (χ0n) is 11.4. The lowest BCUT2D eigenvalue weighted by atomic mass is 10.2. The Labute approximate surface area is 120 Å². The van der Waals surface area contributed by atoms with Gasteiger partial charge in [0.05, 0.1) is 19.0 Å². The smallest absolute Gasteiger partial charge is 0.411 e. The number of carbonyl (C=O) groups is 2. The zero-order valence-corrected chi connectivity index (χ0v) is 11.4. The van der Waals surface area contributed by atoms with E-state index in [2.05, 4.69) is 20.5 Å². The van der Waals surface area contributed by atoms with Crippen molar-refractivity contribution in [2.24, 2.45) is 0 Å². The maximum absolute atomic E-state index is 11.9. The van der Waals surface area contributed by atoms with E-state index in [0.717, 1.165) is 0 Å². The van der Waals surface area contributed by atoms with Gasteiger partial charge in [0.15, 0.2) is 0 Å². The summed E-state index contributed by atoms with van der Waals surface area (Å²) in [5, 5.41) is 9.13. The Morgan fingerprint density at radius 3 is 2.67 bits per heavy atom. The first-order valence-corrected chi connectivity index (χ1v) is 6.09. The van der Waals surface area contributed by atoms with Crippen molar-refractivity contribution in [3.05, 3.63) is 36.7 Å². The van der Waals surface area contributed by atoms with Gasteiger partial charge < -0.3 is 15.8 Å². The minimum absolute atomic E-state index is 0.0475. The normalized spacial score (nSPS) is 9.95. The molecule has 1 aromatic carbocycles. The fraction of sp³-hybridized carbons (Fsp3) is 0.154. The van der Waals surface area contributed by atoms with Gasteiger partial charge in [0.2, 0.25) is 5.91 Å². The van der Waals surface area contributed by atoms with E-state index in [4.69, 9.17) is 5.73 Å². The molecule has 8 heteroatoms. The highest BCUT2D eigenvalue weighted by atomic mass is 16.5. The van der Waals surface area contributed by atoms with Gasteiger partial charge in [-0.3, -0.25) is 14.8 Å². The number of carbonyl (C=O) groups excluding carboxylic acids is 2. The van der Waals surface area contributed by atoms with E-state index in [9.17, 15) is 9.59 Å². The van der Waals surface area contributed by atoms with E-state index in [-0.39, 0.29) is 12.5 Å². The van der Waals surface area contributed by atoms with Gasteiger partial charge in [-0.15, -0.1) is 0 Å². The van der Waals surface area contributed by atoms with E-state index in [1.54, 1.807) is 30.5 Å². The minimum atomic E-state index is -0.578. The summed E-state index contributed by atoms with van der Waals surface area (Å²) in [6.07, 6.45) is 2.45. The summed E-state index contributed by atoms with van der Waals surface area (Å²) in [6, 6.07) is 6.71. The molecule has 2 rings (SSSR count). The lowest BCUT2D eigenvalue weighted by Crippen LogP contribution is -2.19. The number of nitrogens with one attached hydrogen (secondary N) is 2. The molecule has 1 aromatic heterocycles. The summed E-state index contributed by atoms with van der Waals surface area (Å²) >= 11 is 0. The summed E-state index contributed by atoms with van der Waals surface area (Å²) in [7, 11) is 1.27. The topological polar surface area (TPSA) is 111 Å². The summed E-state index contributed by atoms with van der Waals surface area (Å²) in [4.78, 5) is 23.0. The highest BCUT2D eigenvalue weighted by molar-refractivity contribution is 5.92.